The molecule has 0 fully saturated rings. The van der Waals surface area contributed by atoms with Gasteiger partial charge in [-0.1, -0.05) is 59.8 Å². The SMILES string of the molecule is Cl.NCc1ccc(C(N)=NOCc2ccccc2)cc1. The molecule has 0 aromatic heterocycles. The first-order valence-electron chi connectivity index (χ1n) is 6.08. The van der Waals surface area contributed by atoms with Crippen LogP contribution in [0.25, 0.3) is 0 Å². The largest absolute Gasteiger partial charge is 0.389 e. The molecule has 0 atom stereocenters. The monoisotopic (exact) mass is 291 g/mol. The molecule has 5 heteroatoms. The summed E-state index contributed by atoms with van der Waals surface area (Å²) in [7, 11) is 0. The van der Waals surface area contributed by atoms with Crippen molar-refractivity contribution >= 4 is 18.2 Å². The Morgan fingerprint density at radius 1 is 0.950 bits per heavy atom. The number of rotatable bonds is 5. The lowest BCUT2D eigenvalue weighted by Gasteiger charge is -2.03. The zero-order chi connectivity index (χ0) is 13.5. The van der Waals surface area contributed by atoms with E-state index in [2.05, 4.69) is 5.16 Å². The fourth-order valence-corrected chi connectivity index (χ4v) is 1.61. The van der Waals surface area contributed by atoms with Gasteiger partial charge in [0.2, 0.25) is 0 Å². The molecule has 2 aromatic rings. The zero-order valence-corrected chi connectivity index (χ0v) is 11.8. The molecule has 0 spiro atoms. The molecule has 106 valence electrons. The summed E-state index contributed by atoms with van der Waals surface area (Å²) in [6.45, 7) is 0.921. The smallest absolute Gasteiger partial charge is 0.170 e. The molecule has 0 aliphatic rings. The van der Waals surface area contributed by atoms with E-state index in [1.54, 1.807) is 0 Å². The normalized spacial score (nSPS) is 10.8. The van der Waals surface area contributed by atoms with E-state index < -0.39 is 0 Å². The number of halogens is 1. The highest BCUT2D eigenvalue weighted by Gasteiger charge is 1.99. The van der Waals surface area contributed by atoms with Gasteiger partial charge in [-0.15, -0.1) is 12.4 Å². The third-order valence-electron chi connectivity index (χ3n) is 2.72. The molecule has 0 bridgehead atoms. The van der Waals surface area contributed by atoms with Gasteiger partial charge in [0.15, 0.2) is 5.84 Å². The molecule has 0 amide bonds. The minimum Gasteiger partial charge on any atom is -0.389 e. The summed E-state index contributed by atoms with van der Waals surface area (Å²) in [5.74, 6) is 0.361. The van der Waals surface area contributed by atoms with Crippen LogP contribution in [0.4, 0.5) is 0 Å². The van der Waals surface area contributed by atoms with Gasteiger partial charge in [0.05, 0.1) is 0 Å². The number of nitrogens with two attached hydrogens (primary N) is 2. The van der Waals surface area contributed by atoms with Crippen molar-refractivity contribution in [2.24, 2.45) is 16.6 Å². The fraction of sp³-hybridized carbons (Fsp3) is 0.133. The van der Waals surface area contributed by atoms with Crippen molar-refractivity contribution in [1.82, 2.24) is 0 Å². The van der Waals surface area contributed by atoms with Crippen molar-refractivity contribution in [3.8, 4) is 0 Å². The lowest BCUT2D eigenvalue weighted by Crippen LogP contribution is -2.14. The zero-order valence-electron chi connectivity index (χ0n) is 11.0. The van der Waals surface area contributed by atoms with Crippen molar-refractivity contribution in [1.29, 1.82) is 0 Å². The highest BCUT2D eigenvalue weighted by Crippen LogP contribution is 2.05. The van der Waals surface area contributed by atoms with Gasteiger partial charge >= 0.3 is 0 Å². The maximum Gasteiger partial charge on any atom is 0.170 e. The summed E-state index contributed by atoms with van der Waals surface area (Å²) in [5.41, 5.74) is 14.3. The summed E-state index contributed by atoms with van der Waals surface area (Å²) in [6, 6.07) is 17.4. The van der Waals surface area contributed by atoms with E-state index in [-0.39, 0.29) is 12.4 Å². The predicted octanol–water partition coefficient (Wildman–Crippen LogP) is 2.40. The Hall–Kier alpha value is -2.04. The van der Waals surface area contributed by atoms with Crippen molar-refractivity contribution in [2.45, 2.75) is 13.2 Å². The highest BCUT2D eigenvalue weighted by atomic mass is 35.5. The second-order valence-electron chi connectivity index (χ2n) is 4.14. The van der Waals surface area contributed by atoms with E-state index in [1.165, 1.54) is 0 Å². The van der Waals surface area contributed by atoms with Gasteiger partial charge in [0.1, 0.15) is 6.61 Å². The number of nitrogens with zero attached hydrogens (tertiary/aromatic N) is 1. The van der Waals surface area contributed by atoms with Gasteiger partial charge in [0.25, 0.3) is 0 Å². The van der Waals surface area contributed by atoms with E-state index in [9.17, 15) is 0 Å². The maximum atomic E-state index is 5.84. The molecule has 2 rings (SSSR count). The molecule has 0 unspecified atom stereocenters. The van der Waals surface area contributed by atoms with Gasteiger partial charge in [-0.3, -0.25) is 0 Å². The van der Waals surface area contributed by atoms with Crippen LogP contribution in [0.1, 0.15) is 16.7 Å². The molecule has 0 saturated heterocycles. The van der Waals surface area contributed by atoms with Gasteiger partial charge in [-0.2, -0.15) is 0 Å². The quantitative estimate of drug-likeness (QED) is 0.505. The van der Waals surface area contributed by atoms with Crippen LogP contribution >= 0.6 is 12.4 Å². The van der Waals surface area contributed by atoms with Gasteiger partial charge < -0.3 is 16.3 Å². The Morgan fingerprint density at radius 3 is 2.20 bits per heavy atom. The molecule has 4 N–H and O–H groups in total. The molecule has 0 saturated carbocycles. The predicted molar refractivity (Wildman–Crippen MR) is 83.5 cm³/mol. The van der Waals surface area contributed by atoms with Gasteiger partial charge in [-0.05, 0) is 11.1 Å². The van der Waals surface area contributed by atoms with Crippen molar-refractivity contribution in [3.05, 3.63) is 71.3 Å². The highest BCUT2D eigenvalue weighted by molar-refractivity contribution is 5.97. The number of hydrogen-bond donors (Lipinski definition) is 2. The topological polar surface area (TPSA) is 73.6 Å². The van der Waals surface area contributed by atoms with Crippen LogP contribution in [-0.2, 0) is 18.0 Å². The van der Waals surface area contributed by atoms with Crippen molar-refractivity contribution in [2.75, 3.05) is 0 Å². The van der Waals surface area contributed by atoms with Crippen LogP contribution in [0, 0.1) is 0 Å². The average Bonchev–Trinajstić information content (AvgIpc) is 2.48. The summed E-state index contributed by atoms with van der Waals surface area (Å²) in [6.07, 6.45) is 0. The Labute approximate surface area is 124 Å². The maximum absolute atomic E-state index is 5.84. The molecule has 2 aromatic carbocycles. The van der Waals surface area contributed by atoms with Crippen LogP contribution in [0.15, 0.2) is 59.8 Å². The van der Waals surface area contributed by atoms with E-state index >= 15 is 0 Å². The number of benzene rings is 2. The third-order valence-corrected chi connectivity index (χ3v) is 2.72. The summed E-state index contributed by atoms with van der Waals surface area (Å²) >= 11 is 0. The molecule has 0 heterocycles. The fourth-order valence-electron chi connectivity index (χ4n) is 1.61. The summed E-state index contributed by atoms with van der Waals surface area (Å²) < 4.78 is 0. The first kappa shape index (κ1) is 16.0. The molecular formula is C15H18ClN3O. The lowest BCUT2D eigenvalue weighted by atomic mass is 10.1. The lowest BCUT2D eigenvalue weighted by molar-refractivity contribution is 0.130. The molecule has 20 heavy (non-hydrogen) atoms. The van der Waals surface area contributed by atoms with Gasteiger partial charge in [0, 0.05) is 12.1 Å². The van der Waals surface area contributed by atoms with Crippen molar-refractivity contribution in [3.63, 3.8) is 0 Å². The van der Waals surface area contributed by atoms with Crippen molar-refractivity contribution < 1.29 is 4.84 Å². The average molecular weight is 292 g/mol. The number of amidine groups is 1. The molecule has 0 aliphatic carbocycles. The number of hydrogen-bond acceptors (Lipinski definition) is 3. The Bertz CT molecular complexity index is 541. The van der Waals surface area contributed by atoms with Crippen LogP contribution in [0.5, 0.6) is 0 Å². The van der Waals surface area contributed by atoms with E-state index in [0.29, 0.717) is 19.0 Å². The molecule has 0 radical (unpaired) electrons. The van der Waals surface area contributed by atoms with E-state index in [0.717, 1.165) is 16.7 Å². The second kappa shape index (κ2) is 8.19. The molecular weight excluding hydrogens is 274 g/mol. The van der Waals surface area contributed by atoms with E-state index in [1.807, 2.05) is 54.6 Å². The summed E-state index contributed by atoms with van der Waals surface area (Å²) in [4.78, 5) is 5.23. The summed E-state index contributed by atoms with van der Waals surface area (Å²) in [5, 5.41) is 3.91. The Balaban J connectivity index is 0.00000200. The van der Waals surface area contributed by atoms with Crippen LogP contribution in [0.2, 0.25) is 0 Å². The Morgan fingerprint density at radius 2 is 1.60 bits per heavy atom. The standard InChI is InChI=1S/C15H17N3O.ClH/c16-10-12-6-8-14(9-7-12)15(17)18-19-11-13-4-2-1-3-5-13;/h1-9H,10-11,16H2,(H2,17,18);1H. The minimum absolute atomic E-state index is 0. The first-order valence-corrected chi connectivity index (χ1v) is 6.08. The third kappa shape index (κ3) is 4.57. The molecule has 0 aliphatic heterocycles. The first-order chi connectivity index (χ1) is 9.29. The van der Waals surface area contributed by atoms with Gasteiger partial charge in [-0.25, -0.2) is 0 Å². The van der Waals surface area contributed by atoms with Crippen LogP contribution in [-0.4, -0.2) is 5.84 Å². The number of oxime groups is 1. The van der Waals surface area contributed by atoms with Crippen LogP contribution < -0.4 is 11.5 Å². The van der Waals surface area contributed by atoms with E-state index in [4.69, 9.17) is 16.3 Å². The Kier molecular flexibility index (Phi) is 6.56. The molecule has 4 nitrogen and oxygen atoms in total. The second-order valence-corrected chi connectivity index (χ2v) is 4.14. The minimum atomic E-state index is 0. The van der Waals surface area contributed by atoms with Crippen LogP contribution in [0.3, 0.4) is 0 Å².